The molecule has 2 fully saturated rings. The Morgan fingerprint density at radius 2 is 1.90 bits per heavy atom. The van der Waals surface area contributed by atoms with Crippen LogP contribution in [0.1, 0.15) is 19.3 Å². The maximum absolute atomic E-state index is 12.5. The van der Waals surface area contributed by atoms with Crippen LogP contribution in [0.25, 0.3) is 0 Å². The van der Waals surface area contributed by atoms with Crippen molar-refractivity contribution in [3.63, 3.8) is 0 Å². The minimum absolute atomic E-state index is 0.161. The quantitative estimate of drug-likeness (QED) is 0.801. The van der Waals surface area contributed by atoms with E-state index in [1.807, 2.05) is 0 Å². The van der Waals surface area contributed by atoms with E-state index in [9.17, 15) is 27.9 Å². The van der Waals surface area contributed by atoms with Crippen molar-refractivity contribution in [3.05, 3.63) is 0 Å². The van der Waals surface area contributed by atoms with Crippen LogP contribution in [0, 0.1) is 0 Å². The number of carbonyl (C=O) groups excluding carboxylic acids is 1. The van der Waals surface area contributed by atoms with Gasteiger partial charge in [0.2, 0.25) is 0 Å². The third kappa shape index (κ3) is 3.33. The van der Waals surface area contributed by atoms with Crippen molar-refractivity contribution in [1.29, 1.82) is 0 Å². The molecule has 0 spiro atoms. The minimum Gasteiger partial charge on any atom is -0.480 e. The second-order valence-corrected chi connectivity index (χ2v) is 5.15. The molecule has 2 amide bonds. The van der Waals surface area contributed by atoms with Gasteiger partial charge >= 0.3 is 18.2 Å². The number of β-amino-alcohol motifs (C(OH)–C–C–N with tert-alkyl or cyclic N) is 1. The highest BCUT2D eigenvalue weighted by atomic mass is 19.4. The van der Waals surface area contributed by atoms with Crippen LogP contribution in [0.4, 0.5) is 18.0 Å². The fourth-order valence-electron chi connectivity index (χ4n) is 2.36. The number of nitrogens with zero attached hydrogens (tertiary/aromatic N) is 2. The second-order valence-electron chi connectivity index (χ2n) is 5.15. The highest BCUT2D eigenvalue weighted by Crippen LogP contribution is 2.32. The van der Waals surface area contributed by atoms with Crippen molar-refractivity contribution < 1.29 is 33.0 Å². The smallest absolute Gasteiger partial charge is 0.406 e. The fourth-order valence-corrected chi connectivity index (χ4v) is 2.36. The molecule has 1 saturated carbocycles. The van der Waals surface area contributed by atoms with Gasteiger partial charge in [-0.25, -0.2) is 9.59 Å². The van der Waals surface area contributed by atoms with Gasteiger partial charge in [0.05, 0.1) is 6.10 Å². The summed E-state index contributed by atoms with van der Waals surface area (Å²) in [5.41, 5.74) is 0. The van der Waals surface area contributed by atoms with Gasteiger partial charge in [0.25, 0.3) is 0 Å². The highest BCUT2D eigenvalue weighted by Gasteiger charge is 2.46. The van der Waals surface area contributed by atoms with E-state index in [0.29, 0.717) is 17.7 Å². The summed E-state index contributed by atoms with van der Waals surface area (Å²) in [5, 5.41) is 18.4. The lowest BCUT2D eigenvalue weighted by atomic mass is 10.2. The molecule has 1 heterocycles. The molecule has 1 aliphatic heterocycles. The Balaban J connectivity index is 2.12. The first kappa shape index (κ1) is 14.9. The summed E-state index contributed by atoms with van der Waals surface area (Å²) in [6.45, 7) is -1.65. The fraction of sp³-hybridized carbons (Fsp3) is 0.818. The monoisotopic (exact) mass is 296 g/mol. The Morgan fingerprint density at radius 3 is 2.35 bits per heavy atom. The Kier molecular flexibility index (Phi) is 3.81. The molecular formula is C11H15F3N2O4. The number of aliphatic hydroxyl groups excluding tert-OH is 1. The average Bonchev–Trinajstić information content (AvgIpc) is 3.06. The molecular weight excluding hydrogens is 281 g/mol. The van der Waals surface area contributed by atoms with Crippen molar-refractivity contribution in [2.75, 3.05) is 13.1 Å². The number of carboxylic acids is 1. The molecule has 6 nitrogen and oxygen atoms in total. The predicted molar refractivity (Wildman–Crippen MR) is 59.9 cm³/mol. The molecule has 20 heavy (non-hydrogen) atoms. The maximum atomic E-state index is 12.5. The molecule has 0 aromatic heterocycles. The van der Waals surface area contributed by atoms with Crippen LogP contribution in [0.2, 0.25) is 0 Å². The van der Waals surface area contributed by atoms with Gasteiger partial charge < -0.3 is 20.0 Å². The van der Waals surface area contributed by atoms with E-state index in [1.54, 1.807) is 0 Å². The molecule has 2 N–H and O–H groups in total. The summed E-state index contributed by atoms with van der Waals surface area (Å²) in [5.74, 6) is -1.32. The molecule has 0 unspecified atom stereocenters. The number of hydrogen-bond acceptors (Lipinski definition) is 3. The summed E-state index contributed by atoms with van der Waals surface area (Å²) in [6.07, 6.45) is -4.75. The van der Waals surface area contributed by atoms with Gasteiger partial charge in [-0.3, -0.25) is 0 Å². The lowest BCUT2D eigenvalue weighted by molar-refractivity contribution is -0.144. The summed E-state index contributed by atoms with van der Waals surface area (Å²) in [4.78, 5) is 24.6. The average molecular weight is 296 g/mol. The summed E-state index contributed by atoms with van der Waals surface area (Å²) in [6, 6.07) is -2.72. The number of aliphatic carboxylic acids is 1. The number of likely N-dealkylation sites (tertiary alicyclic amines) is 1. The number of rotatable bonds is 3. The standard InChI is InChI=1S/C11H15F3N2O4/c12-11(13,14)5-16(6-1-2-6)10(20)15-4-7(17)3-8(15)9(18)19/h6-8,17H,1-5H2,(H,18,19)/t7-,8+/m1/s1. The number of carbonyl (C=O) groups is 2. The van der Waals surface area contributed by atoms with Gasteiger partial charge in [0.1, 0.15) is 12.6 Å². The first-order valence-corrected chi connectivity index (χ1v) is 6.24. The topological polar surface area (TPSA) is 81.1 Å². The van der Waals surface area contributed by atoms with Crippen molar-refractivity contribution >= 4 is 12.0 Å². The molecule has 2 atom stereocenters. The first-order valence-electron chi connectivity index (χ1n) is 6.24. The normalized spacial score (nSPS) is 26.7. The van der Waals surface area contributed by atoms with E-state index in [-0.39, 0.29) is 13.0 Å². The van der Waals surface area contributed by atoms with Gasteiger partial charge in [-0.2, -0.15) is 13.2 Å². The zero-order chi connectivity index (χ0) is 15.1. The summed E-state index contributed by atoms with van der Waals surface area (Å²) in [7, 11) is 0. The zero-order valence-corrected chi connectivity index (χ0v) is 10.5. The van der Waals surface area contributed by atoms with Crippen molar-refractivity contribution in [2.45, 2.75) is 43.6 Å². The summed E-state index contributed by atoms with van der Waals surface area (Å²) >= 11 is 0. The molecule has 2 rings (SSSR count). The first-order chi connectivity index (χ1) is 9.19. The van der Waals surface area contributed by atoms with Gasteiger partial charge in [-0.05, 0) is 12.8 Å². The third-order valence-corrected chi connectivity index (χ3v) is 3.39. The highest BCUT2D eigenvalue weighted by molar-refractivity contribution is 5.84. The van der Waals surface area contributed by atoms with E-state index in [1.165, 1.54) is 0 Å². The van der Waals surface area contributed by atoms with E-state index in [2.05, 4.69) is 0 Å². The Morgan fingerprint density at radius 1 is 1.30 bits per heavy atom. The van der Waals surface area contributed by atoms with Gasteiger partial charge in [-0.15, -0.1) is 0 Å². The Labute approximate surface area is 112 Å². The molecule has 1 saturated heterocycles. The molecule has 0 bridgehead atoms. The summed E-state index contributed by atoms with van der Waals surface area (Å²) < 4.78 is 37.5. The molecule has 2 aliphatic rings. The molecule has 0 radical (unpaired) electrons. The van der Waals surface area contributed by atoms with E-state index >= 15 is 0 Å². The van der Waals surface area contributed by atoms with Crippen LogP contribution < -0.4 is 0 Å². The van der Waals surface area contributed by atoms with Crippen molar-refractivity contribution in [2.24, 2.45) is 0 Å². The van der Waals surface area contributed by atoms with Gasteiger partial charge in [0.15, 0.2) is 0 Å². The van der Waals surface area contributed by atoms with Gasteiger partial charge in [-0.1, -0.05) is 0 Å². The zero-order valence-electron chi connectivity index (χ0n) is 10.5. The van der Waals surface area contributed by atoms with Crippen molar-refractivity contribution in [1.82, 2.24) is 9.80 Å². The van der Waals surface area contributed by atoms with Gasteiger partial charge in [0, 0.05) is 19.0 Å². The van der Waals surface area contributed by atoms with Crippen LogP contribution in [0.5, 0.6) is 0 Å². The number of amides is 2. The minimum atomic E-state index is -4.53. The van der Waals surface area contributed by atoms with Crippen LogP contribution >= 0.6 is 0 Å². The van der Waals surface area contributed by atoms with Crippen LogP contribution in [-0.4, -0.2) is 69.5 Å². The van der Waals surface area contributed by atoms with Crippen LogP contribution in [-0.2, 0) is 4.79 Å². The van der Waals surface area contributed by atoms with E-state index < -0.39 is 42.9 Å². The SMILES string of the molecule is O=C(O)[C@@H]1C[C@@H](O)CN1C(=O)N(CC(F)(F)F)C1CC1. The maximum Gasteiger partial charge on any atom is 0.406 e. The van der Waals surface area contributed by atoms with Crippen molar-refractivity contribution in [3.8, 4) is 0 Å². The molecule has 0 aromatic rings. The van der Waals surface area contributed by atoms with Crippen LogP contribution in [0.15, 0.2) is 0 Å². The number of halogens is 3. The van der Waals surface area contributed by atoms with Crippen LogP contribution in [0.3, 0.4) is 0 Å². The van der Waals surface area contributed by atoms with E-state index in [4.69, 9.17) is 5.11 Å². The van der Waals surface area contributed by atoms with E-state index in [0.717, 1.165) is 4.90 Å². The largest absolute Gasteiger partial charge is 0.480 e. The second kappa shape index (κ2) is 5.12. The lowest BCUT2D eigenvalue weighted by Gasteiger charge is -2.30. The Hall–Kier alpha value is -1.51. The Bertz CT molecular complexity index is 411. The predicted octanol–water partition coefficient (Wildman–Crippen LogP) is 0.653. The molecule has 114 valence electrons. The molecule has 0 aromatic carbocycles. The number of hydrogen-bond donors (Lipinski definition) is 2. The number of alkyl halides is 3. The lowest BCUT2D eigenvalue weighted by Crippen LogP contribution is -2.51. The number of carboxylic acid groups (broad SMARTS) is 1. The number of aliphatic hydroxyl groups is 1. The number of urea groups is 1. The molecule has 9 heteroatoms. The molecule has 1 aliphatic carbocycles. The third-order valence-electron chi connectivity index (χ3n) is 3.39.